The summed E-state index contributed by atoms with van der Waals surface area (Å²) in [6.07, 6.45) is 3.26. The van der Waals surface area contributed by atoms with Crippen molar-refractivity contribution in [3.8, 4) is 5.75 Å². The van der Waals surface area contributed by atoms with Gasteiger partial charge in [0.1, 0.15) is 5.75 Å². The lowest BCUT2D eigenvalue weighted by atomic mass is 10.1. The molecular weight excluding hydrogens is 340 g/mol. The number of ether oxygens (including phenoxy) is 1. The van der Waals surface area contributed by atoms with Gasteiger partial charge in [0.15, 0.2) is 6.61 Å². The Morgan fingerprint density at radius 3 is 2.41 bits per heavy atom. The summed E-state index contributed by atoms with van der Waals surface area (Å²) in [6, 6.07) is 16.7. The van der Waals surface area contributed by atoms with Crippen molar-refractivity contribution in [3.05, 3.63) is 65.7 Å². The quantitative estimate of drug-likeness (QED) is 0.850. The molecule has 0 bridgehead atoms. The van der Waals surface area contributed by atoms with Gasteiger partial charge in [-0.15, -0.1) is 0 Å². The minimum atomic E-state index is -0.215. The van der Waals surface area contributed by atoms with Crippen molar-refractivity contribution in [2.24, 2.45) is 0 Å². The van der Waals surface area contributed by atoms with Crippen molar-refractivity contribution in [3.63, 3.8) is 0 Å². The molecule has 142 valence electrons. The van der Waals surface area contributed by atoms with Gasteiger partial charge < -0.3 is 15.0 Å². The number of hydrogen-bond acceptors (Lipinski definition) is 3. The first kappa shape index (κ1) is 19.0. The molecule has 1 unspecified atom stereocenters. The third-order valence-corrected chi connectivity index (χ3v) is 4.84. The molecule has 0 aromatic heterocycles. The molecule has 1 atom stereocenters. The van der Waals surface area contributed by atoms with E-state index in [9.17, 15) is 9.59 Å². The molecule has 2 aromatic rings. The summed E-state index contributed by atoms with van der Waals surface area (Å²) in [5.74, 6) is 0.190. The summed E-state index contributed by atoms with van der Waals surface area (Å²) in [4.78, 5) is 26.9. The van der Waals surface area contributed by atoms with Crippen molar-refractivity contribution in [1.82, 2.24) is 10.2 Å². The van der Waals surface area contributed by atoms with E-state index in [1.165, 1.54) is 6.42 Å². The van der Waals surface area contributed by atoms with Gasteiger partial charge in [0.05, 0.1) is 11.6 Å². The zero-order valence-electron chi connectivity index (χ0n) is 15.7. The van der Waals surface area contributed by atoms with Gasteiger partial charge in [-0.3, -0.25) is 9.59 Å². The molecule has 2 amide bonds. The van der Waals surface area contributed by atoms with E-state index in [1.807, 2.05) is 42.2 Å². The van der Waals surface area contributed by atoms with Crippen LogP contribution in [0.4, 0.5) is 0 Å². The van der Waals surface area contributed by atoms with E-state index >= 15 is 0 Å². The summed E-state index contributed by atoms with van der Waals surface area (Å²) >= 11 is 0. The molecule has 1 saturated heterocycles. The van der Waals surface area contributed by atoms with Crippen LogP contribution in [0, 0.1) is 0 Å². The minimum absolute atomic E-state index is 0.0254. The number of carbonyl (C=O) groups excluding carboxylic acids is 2. The monoisotopic (exact) mass is 366 g/mol. The SMILES string of the molecule is CC(NC(=O)c1ccccc1OCC(=O)N1CCCCC1)c1ccccc1. The fraction of sp³-hybridized carbons (Fsp3) is 0.364. The van der Waals surface area contributed by atoms with Crippen LogP contribution >= 0.6 is 0 Å². The number of nitrogens with one attached hydrogen (secondary N) is 1. The maximum atomic E-state index is 12.7. The van der Waals surface area contributed by atoms with E-state index in [0.29, 0.717) is 11.3 Å². The average Bonchev–Trinajstić information content (AvgIpc) is 2.73. The number of para-hydroxylation sites is 1. The molecule has 5 heteroatoms. The van der Waals surface area contributed by atoms with Crippen molar-refractivity contribution < 1.29 is 14.3 Å². The molecule has 27 heavy (non-hydrogen) atoms. The number of nitrogens with zero attached hydrogens (tertiary/aromatic N) is 1. The Labute approximate surface area is 160 Å². The Morgan fingerprint density at radius 1 is 1.00 bits per heavy atom. The van der Waals surface area contributed by atoms with Gasteiger partial charge in [-0.2, -0.15) is 0 Å². The van der Waals surface area contributed by atoms with Crippen molar-refractivity contribution in [2.45, 2.75) is 32.2 Å². The fourth-order valence-electron chi connectivity index (χ4n) is 3.25. The van der Waals surface area contributed by atoms with Crippen LogP contribution in [-0.4, -0.2) is 36.4 Å². The maximum Gasteiger partial charge on any atom is 0.260 e. The van der Waals surface area contributed by atoms with Crippen LogP contribution < -0.4 is 10.1 Å². The highest BCUT2D eigenvalue weighted by atomic mass is 16.5. The lowest BCUT2D eigenvalue weighted by Crippen LogP contribution is -2.38. The topological polar surface area (TPSA) is 58.6 Å². The van der Waals surface area contributed by atoms with E-state index in [4.69, 9.17) is 4.74 Å². The van der Waals surface area contributed by atoms with Gasteiger partial charge >= 0.3 is 0 Å². The molecule has 1 heterocycles. The van der Waals surface area contributed by atoms with Gasteiger partial charge in [0.25, 0.3) is 11.8 Å². The largest absolute Gasteiger partial charge is 0.483 e. The smallest absolute Gasteiger partial charge is 0.260 e. The van der Waals surface area contributed by atoms with E-state index in [0.717, 1.165) is 31.5 Å². The standard InChI is InChI=1S/C22H26N2O3/c1-17(18-10-4-2-5-11-18)23-22(26)19-12-6-7-13-20(19)27-16-21(25)24-14-8-3-9-15-24/h2,4-7,10-13,17H,3,8-9,14-16H2,1H3,(H,23,26). The lowest BCUT2D eigenvalue weighted by Gasteiger charge is -2.26. The Morgan fingerprint density at radius 2 is 1.67 bits per heavy atom. The summed E-state index contributed by atoms with van der Waals surface area (Å²) in [6.45, 7) is 3.48. The molecule has 5 nitrogen and oxygen atoms in total. The summed E-state index contributed by atoms with van der Waals surface area (Å²) in [7, 11) is 0. The highest BCUT2D eigenvalue weighted by molar-refractivity contribution is 5.97. The third-order valence-electron chi connectivity index (χ3n) is 4.84. The number of hydrogen-bond donors (Lipinski definition) is 1. The molecule has 3 rings (SSSR count). The van der Waals surface area contributed by atoms with Crippen LogP contribution in [0.3, 0.4) is 0 Å². The number of likely N-dealkylation sites (tertiary alicyclic amines) is 1. The third kappa shape index (κ3) is 5.09. The molecule has 2 aromatic carbocycles. The molecule has 0 radical (unpaired) electrons. The Balaban J connectivity index is 1.62. The van der Waals surface area contributed by atoms with Gasteiger partial charge in [-0.05, 0) is 43.9 Å². The van der Waals surface area contributed by atoms with E-state index in [-0.39, 0.29) is 24.5 Å². The van der Waals surface area contributed by atoms with Crippen LogP contribution in [0.5, 0.6) is 5.75 Å². The Hall–Kier alpha value is -2.82. The number of rotatable bonds is 6. The highest BCUT2D eigenvalue weighted by Gasteiger charge is 2.19. The van der Waals surface area contributed by atoms with E-state index in [2.05, 4.69) is 5.32 Å². The van der Waals surface area contributed by atoms with Crippen LogP contribution in [-0.2, 0) is 4.79 Å². The van der Waals surface area contributed by atoms with Gasteiger partial charge in [-0.25, -0.2) is 0 Å². The second-order valence-corrected chi connectivity index (χ2v) is 6.83. The summed E-state index contributed by atoms with van der Waals surface area (Å²) in [5.41, 5.74) is 1.47. The zero-order valence-corrected chi connectivity index (χ0v) is 15.7. The van der Waals surface area contributed by atoms with Crippen LogP contribution in [0.15, 0.2) is 54.6 Å². The van der Waals surface area contributed by atoms with E-state index in [1.54, 1.807) is 24.3 Å². The molecule has 1 aliphatic heterocycles. The van der Waals surface area contributed by atoms with Gasteiger partial charge in [-0.1, -0.05) is 42.5 Å². The fourth-order valence-corrected chi connectivity index (χ4v) is 3.25. The number of benzene rings is 2. The first-order valence-electron chi connectivity index (χ1n) is 9.50. The molecule has 1 aliphatic rings. The first-order valence-corrected chi connectivity index (χ1v) is 9.50. The Bertz CT molecular complexity index is 770. The van der Waals surface area contributed by atoms with E-state index < -0.39 is 0 Å². The van der Waals surface area contributed by atoms with Gasteiger partial charge in [0.2, 0.25) is 0 Å². The average molecular weight is 366 g/mol. The predicted octanol–water partition coefficient (Wildman–Crippen LogP) is 3.57. The highest BCUT2D eigenvalue weighted by Crippen LogP contribution is 2.20. The first-order chi connectivity index (χ1) is 13.1. The summed E-state index contributed by atoms with van der Waals surface area (Å²) in [5, 5.41) is 2.99. The minimum Gasteiger partial charge on any atom is -0.483 e. The van der Waals surface area contributed by atoms with Crippen LogP contribution in [0.25, 0.3) is 0 Å². The predicted molar refractivity (Wildman–Crippen MR) is 105 cm³/mol. The molecule has 1 N–H and O–H groups in total. The zero-order chi connectivity index (χ0) is 19.1. The molecular formula is C22H26N2O3. The normalized spacial score (nSPS) is 15.1. The lowest BCUT2D eigenvalue weighted by molar-refractivity contribution is -0.134. The van der Waals surface area contributed by atoms with Crippen molar-refractivity contribution in [1.29, 1.82) is 0 Å². The number of amides is 2. The second-order valence-electron chi connectivity index (χ2n) is 6.83. The Kier molecular flexibility index (Phi) is 6.47. The molecule has 0 saturated carbocycles. The van der Waals surface area contributed by atoms with Crippen molar-refractivity contribution >= 4 is 11.8 Å². The molecule has 0 aliphatic carbocycles. The molecule has 1 fully saturated rings. The summed E-state index contributed by atoms with van der Waals surface area (Å²) < 4.78 is 5.71. The van der Waals surface area contributed by atoms with Gasteiger partial charge in [0, 0.05) is 13.1 Å². The van der Waals surface area contributed by atoms with Crippen LogP contribution in [0.1, 0.15) is 48.1 Å². The van der Waals surface area contributed by atoms with Crippen LogP contribution in [0.2, 0.25) is 0 Å². The maximum absolute atomic E-state index is 12.7. The second kappa shape index (κ2) is 9.21. The number of carbonyl (C=O) groups is 2. The van der Waals surface area contributed by atoms with Crippen molar-refractivity contribution in [2.75, 3.05) is 19.7 Å². The number of piperidine rings is 1. The molecule has 0 spiro atoms.